The average Bonchev–Trinajstić information content (AvgIpc) is 3.05. The van der Waals surface area contributed by atoms with Crippen LogP contribution in [0, 0.1) is 5.92 Å². The van der Waals surface area contributed by atoms with Crippen LogP contribution in [0.25, 0.3) is 0 Å². The van der Waals surface area contributed by atoms with E-state index in [1.807, 2.05) is 31.5 Å². The van der Waals surface area contributed by atoms with E-state index in [0.29, 0.717) is 12.0 Å². The summed E-state index contributed by atoms with van der Waals surface area (Å²) >= 11 is 0. The lowest BCUT2D eigenvalue weighted by Gasteiger charge is -2.18. The van der Waals surface area contributed by atoms with Gasteiger partial charge in [-0.2, -0.15) is 0 Å². The van der Waals surface area contributed by atoms with Crippen LogP contribution in [0.15, 0.2) is 41.3 Å². The highest BCUT2D eigenvalue weighted by atomic mass is 16.3. The van der Waals surface area contributed by atoms with Crippen molar-refractivity contribution < 1.29 is 4.42 Å². The van der Waals surface area contributed by atoms with Crippen molar-refractivity contribution in [3.8, 4) is 0 Å². The Labute approximate surface area is 139 Å². The number of nitrogens with one attached hydrogen (secondary N) is 1. The quantitative estimate of drug-likeness (QED) is 0.758. The van der Waals surface area contributed by atoms with Gasteiger partial charge in [-0.15, -0.1) is 0 Å². The predicted molar refractivity (Wildman–Crippen MR) is 95.8 cm³/mol. The van der Waals surface area contributed by atoms with E-state index >= 15 is 0 Å². The largest absolute Gasteiger partial charge is 0.472 e. The first kappa shape index (κ1) is 17.5. The van der Waals surface area contributed by atoms with Gasteiger partial charge in [-0.1, -0.05) is 19.9 Å². The molecule has 0 spiro atoms. The minimum atomic E-state index is 0.366. The maximum atomic E-state index is 5.25. The number of nitrogens with zero attached hydrogens (tertiary/aromatic N) is 2. The van der Waals surface area contributed by atoms with Crippen molar-refractivity contribution in [3.63, 3.8) is 0 Å². The summed E-state index contributed by atoms with van der Waals surface area (Å²) in [5, 5.41) is 3.67. The summed E-state index contributed by atoms with van der Waals surface area (Å²) < 4.78 is 5.25. The lowest BCUT2D eigenvalue weighted by molar-refractivity contribution is 0.438. The minimum absolute atomic E-state index is 0.366. The highest BCUT2D eigenvalue weighted by Crippen LogP contribution is 2.21. The topological polar surface area (TPSA) is 41.3 Å². The summed E-state index contributed by atoms with van der Waals surface area (Å²) in [5.74, 6) is 1.71. The van der Waals surface area contributed by atoms with E-state index in [1.165, 1.54) is 17.5 Å². The zero-order valence-corrected chi connectivity index (χ0v) is 14.7. The number of hydrogen-bond acceptors (Lipinski definition) is 4. The molecule has 2 heterocycles. The number of aromatic nitrogens is 1. The standard InChI is InChI=1S/C19H29N3O/c1-15(2)5-7-18(17-10-12-23-14-17)20-11-9-16-6-8-19(21-13-16)22(3)4/h6,8,10,12-15,18,20H,5,7,9,11H2,1-4H3. The molecule has 0 aliphatic carbocycles. The van der Waals surface area contributed by atoms with Gasteiger partial charge in [-0.3, -0.25) is 0 Å². The fraction of sp³-hybridized carbons (Fsp3) is 0.526. The molecule has 4 heteroatoms. The third-order valence-corrected chi connectivity index (χ3v) is 4.05. The van der Waals surface area contributed by atoms with Gasteiger partial charge in [0.05, 0.1) is 12.5 Å². The smallest absolute Gasteiger partial charge is 0.127 e. The second kappa shape index (κ2) is 8.73. The van der Waals surface area contributed by atoms with Gasteiger partial charge < -0.3 is 14.6 Å². The Morgan fingerprint density at radius 1 is 1.17 bits per heavy atom. The predicted octanol–water partition coefficient (Wildman–Crippen LogP) is 4.05. The number of hydrogen-bond donors (Lipinski definition) is 1. The molecule has 0 fully saturated rings. The van der Waals surface area contributed by atoms with Gasteiger partial charge in [0.2, 0.25) is 0 Å². The summed E-state index contributed by atoms with van der Waals surface area (Å²) in [4.78, 5) is 6.49. The van der Waals surface area contributed by atoms with Crippen molar-refractivity contribution >= 4 is 5.82 Å². The van der Waals surface area contributed by atoms with Crippen LogP contribution in [0.1, 0.15) is 43.9 Å². The minimum Gasteiger partial charge on any atom is -0.472 e. The Kier molecular flexibility index (Phi) is 6.66. The van der Waals surface area contributed by atoms with Gasteiger partial charge in [-0.25, -0.2) is 4.98 Å². The molecule has 2 aromatic rings. The molecular weight excluding hydrogens is 286 g/mol. The summed E-state index contributed by atoms with van der Waals surface area (Å²) in [6.45, 7) is 5.48. The van der Waals surface area contributed by atoms with E-state index in [4.69, 9.17) is 4.42 Å². The molecule has 0 radical (unpaired) electrons. The second-order valence-electron chi connectivity index (χ2n) is 6.70. The molecule has 23 heavy (non-hydrogen) atoms. The first-order chi connectivity index (χ1) is 11.1. The number of anilines is 1. The van der Waals surface area contributed by atoms with Crippen LogP contribution in [-0.2, 0) is 6.42 Å². The Hall–Kier alpha value is -1.81. The van der Waals surface area contributed by atoms with Crippen molar-refractivity contribution in [3.05, 3.63) is 48.0 Å². The fourth-order valence-electron chi connectivity index (χ4n) is 2.58. The van der Waals surface area contributed by atoms with E-state index in [9.17, 15) is 0 Å². The van der Waals surface area contributed by atoms with Crippen LogP contribution >= 0.6 is 0 Å². The van der Waals surface area contributed by atoms with Crippen LogP contribution in [-0.4, -0.2) is 25.6 Å². The first-order valence-corrected chi connectivity index (χ1v) is 8.44. The molecule has 2 rings (SSSR count). The van der Waals surface area contributed by atoms with Crippen LogP contribution < -0.4 is 10.2 Å². The lowest BCUT2D eigenvalue weighted by Crippen LogP contribution is -2.24. The highest BCUT2D eigenvalue weighted by molar-refractivity contribution is 5.37. The third-order valence-electron chi connectivity index (χ3n) is 4.05. The van der Waals surface area contributed by atoms with Crippen molar-refractivity contribution in [2.45, 2.75) is 39.2 Å². The molecule has 0 bridgehead atoms. The fourth-order valence-corrected chi connectivity index (χ4v) is 2.58. The Morgan fingerprint density at radius 3 is 2.57 bits per heavy atom. The summed E-state index contributed by atoms with van der Waals surface area (Å²) in [5.41, 5.74) is 2.50. The second-order valence-corrected chi connectivity index (χ2v) is 6.70. The normalized spacial score (nSPS) is 12.6. The van der Waals surface area contributed by atoms with E-state index in [1.54, 1.807) is 6.26 Å². The molecule has 1 unspecified atom stereocenters. The maximum absolute atomic E-state index is 5.25. The molecule has 0 saturated heterocycles. The van der Waals surface area contributed by atoms with E-state index < -0.39 is 0 Å². The van der Waals surface area contributed by atoms with E-state index in [2.05, 4.69) is 42.3 Å². The first-order valence-electron chi connectivity index (χ1n) is 8.44. The van der Waals surface area contributed by atoms with Crippen LogP contribution in [0.5, 0.6) is 0 Å². The molecule has 2 aromatic heterocycles. The van der Waals surface area contributed by atoms with Crippen molar-refractivity contribution in [2.75, 3.05) is 25.5 Å². The molecule has 0 aliphatic heterocycles. The summed E-state index contributed by atoms with van der Waals surface area (Å²) in [6, 6.07) is 6.66. The Balaban J connectivity index is 1.85. The van der Waals surface area contributed by atoms with Gasteiger partial charge in [0.1, 0.15) is 5.82 Å². The van der Waals surface area contributed by atoms with Crippen LogP contribution in [0.2, 0.25) is 0 Å². The monoisotopic (exact) mass is 315 g/mol. The highest BCUT2D eigenvalue weighted by Gasteiger charge is 2.12. The molecule has 126 valence electrons. The molecule has 0 aliphatic rings. The van der Waals surface area contributed by atoms with E-state index in [0.717, 1.165) is 25.2 Å². The third kappa shape index (κ3) is 5.71. The van der Waals surface area contributed by atoms with Crippen LogP contribution in [0.3, 0.4) is 0 Å². The zero-order valence-electron chi connectivity index (χ0n) is 14.7. The van der Waals surface area contributed by atoms with Gasteiger partial charge in [0, 0.05) is 31.9 Å². The molecule has 0 saturated carbocycles. The maximum Gasteiger partial charge on any atom is 0.127 e. The van der Waals surface area contributed by atoms with Gasteiger partial charge >= 0.3 is 0 Å². The van der Waals surface area contributed by atoms with Crippen molar-refractivity contribution in [1.82, 2.24) is 10.3 Å². The molecule has 4 nitrogen and oxygen atoms in total. The van der Waals surface area contributed by atoms with Crippen LogP contribution in [0.4, 0.5) is 5.82 Å². The molecule has 0 amide bonds. The molecule has 0 aromatic carbocycles. The molecule has 1 N–H and O–H groups in total. The number of rotatable bonds is 9. The summed E-state index contributed by atoms with van der Waals surface area (Å²) in [7, 11) is 4.02. The number of furan rings is 1. The Morgan fingerprint density at radius 2 is 2.00 bits per heavy atom. The summed E-state index contributed by atoms with van der Waals surface area (Å²) in [6.07, 6.45) is 8.90. The lowest BCUT2D eigenvalue weighted by atomic mass is 9.99. The SMILES string of the molecule is CC(C)CCC(NCCc1ccc(N(C)C)nc1)c1ccoc1. The molecule has 1 atom stereocenters. The average molecular weight is 315 g/mol. The van der Waals surface area contributed by atoms with Gasteiger partial charge in [0.25, 0.3) is 0 Å². The molecular formula is C19H29N3O. The Bertz CT molecular complexity index is 547. The van der Waals surface area contributed by atoms with E-state index in [-0.39, 0.29) is 0 Å². The number of pyridine rings is 1. The van der Waals surface area contributed by atoms with Crippen molar-refractivity contribution in [2.24, 2.45) is 5.92 Å². The zero-order chi connectivity index (χ0) is 16.7. The van der Waals surface area contributed by atoms with Crippen molar-refractivity contribution in [1.29, 1.82) is 0 Å². The van der Waals surface area contributed by atoms with Gasteiger partial charge in [-0.05, 0) is 49.4 Å². The van der Waals surface area contributed by atoms with Gasteiger partial charge in [0.15, 0.2) is 0 Å².